The molecule has 0 unspecified atom stereocenters. The average molecular weight is 284 g/mol. The zero-order chi connectivity index (χ0) is 14.8. The number of nitrogens with zero attached hydrogens (tertiary/aromatic N) is 1. The molecule has 3 N–H and O–H groups in total. The van der Waals surface area contributed by atoms with Crippen LogP contribution in [-0.2, 0) is 23.9 Å². The van der Waals surface area contributed by atoms with Gasteiger partial charge in [0.2, 0.25) is 0 Å². The van der Waals surface area contributed by atoms with Gasteiger partial charge in [0.05, 0.1) is 12.0 Å². The average Bonchev–Trinajstić information content (AvgIpc) is 2.25. The van der Waals surface area contributed by atoms with Crippen molar-refractivity contribution < 1.29 is 31.9 Å². The quantitative estimate of drug-likeness (QED) is 0.830. The summed E-state index contributed by atoms with van der Waals surface area (Å²) in [6.07, 6.45) is -8.61. The first kappa shape index (κ1) is 15.3. The van der Waals surface area contributed by atoms with Crippen molar-refractivity contribution in [2.24, 2.45) is 5.73 Å². The van der Waals surface area contributed by atoms with Crippen molar-refractivity contribution in [1.82, 2.24) is 4.98 Å². The maximum absolute atomic E-state index is 12.8. The van der Waals surface area contributed by atoms with Crippen LogP contribution in [0, 0.1) is 0 Å². The topological polar surface area (TPSA) is 76.2 Å². The van der Waals surface area contributed by atoms with Crippen molar-refractivity contribution in [2.45, 2.75) is 25.6 Å². The van der Waals surface area contributed by atoms with Gasteiger partial charge < -0.3 is 10.8 Å². The maximum atomic E-state index is 12.8. The van der Waals surface area contributed by atoms with Gasteiger partial charge in [0.1, 0.15) is 0 Å². The monoisotopic (exact) mass is 284 g/mol. The number of pyridine rings is 1. The zero-order valence-corrected chi connectivity index (χ0v) is 9.34. The van der Waals surface area contributed by atoms with E-state index in [9.17, 15) is 26.7 Å². The van der Waals surface area contributed by atoms with Crippen LogP contribution in [0.5, 0.6) is 0 Å². The standard InChI is InChI=1S/C10H9F5N2O2/c11-9(12)7-5(2-16)4(1-6(18)19)3-17-8(7)10(13,14)15/h3,9H,1-2,16H2,(H,18,19). The molecule has 1 rings (SSSR count). The fourth-order valence-electron chi connectivity index (χ4n) is 1.62. The molecule has 0 aliphatic carbocycles. The molecule has 4 nitrogen and oxygen atoms in total. The van der Waals surface area contributed by atoms with E-state index in [0.717, 1.165) is 0 Å². The van der Waals surface area contributed by atoms with Crippen LogP contribution in [-0.4, -0.2) is 16.1 Å². The van der Waals surface area contributed by atoms with E-state index in [1.54, 1.807) is 0 Å². The number of hydrogen-bond acceptors (Lipinski definition) is 3. The predicted octanol–water partition coefficient (Wildman–Crippen LogP) is 2.12. The predicted molar refractivity (Wildman–Crippen MR) is 53.4 cm³/mol. The molecule has 9 heteroatoms. The van der Waals surface area contributed by atoms with E-state index in [0.29, 0.717) is 6.20 Å². The van der Waals surface area contributed by atoms with Crippen LogP contribution in [0.15, 0.2) is 6.20 Å². The summed E-state index contributed by atoms with van der Waals surface area (Å²) in [6.45, 7) is -0.631. The Kier molecular flexibility index (Phi) is 4.40. The molecule has 0 aromatic carbocycles. The van der Waals surface area contributed by atoms with Gasteiger partial charge in [0.15, 0.2) is 5.69 Å². The number of aromatic nitrogens is 1. The fourth-order valence-corrected chi connectivity index (χ4v) is 1.62. The minimum Gasteiger partial charge on any atom is -0.481 e. The second-order valence-electron chi connectivity index (χ2n) is 3.60. The second kappa shape index (κ2) is 5.47. The fraction of sp³-hybridized carbons (Fsp3) is 0.400. The van der Waals surface area contributed by atoms with Crippen molar-refractivity contribution in [3.05, 3.63) is 28.6 Å². The van der Waals surface area contributed by atoms with E-state index in [-0.39, 0.29) is 5.56 Å². The van der Waals surface area contributed by atoms with Gasteiger partial charge in [0.25, 0.3) is 6.43 Å². The number of halogens is 5. The van der Waals surface area contributed by atoms with Crippen molar-refractivity contribution in [2.75, 3.05) is 0 Å². The molecule has 0 fully saturated rings. The summed E-state index contributed by atoms with van der Waals surface area (Å²) < 4.78 is 63.3. The Hall–Kier alpha value is -1.77. The molecule has 0 saturated heterocycles. The highest BCUT2D eigenvalue weighted by Crippen LogP contribution is 2.37. The van der Waals surface area contributed by atoms with E-state index in [1.165, 1.54) is 0 Å². The van der Waals surface area contributed by atoms with Crippen LogP contribution in [0.1, 0.15) is 28.8 Å². The molecule has 106 valence electrons. The number of rotatable bonds is 4. The molecule has 0 radical (unpaired) electrons. The lowest BCUT2D eigenvalue weighted by molar-refractivity contribution is -0.143. The summed E-state index contributed by atoms with van der Waals surface area (Å²) in [6, 6.07) is 0. The lowest BCUT2D eigenvalue weighted by atomic mass is 9.99. The van der Waals surface area contributed by atoms with Gasteiger partial charge in [-0.25, -0.2) is 8.78 Å². The first-order valence-corrected chi connectivity index (χ1v) is 4.96. The summed E-state index contributed by atoms with van der Waals surface area (Å²) >= 11 is 0. The molecule has 1 aromatic heterocycles. The summed E-state index contributed by atoms with van der Waals surface area (Å²) in [5.41, 5.74) is 1.28. The molecule has 0 aliphatic rings. The lowest BCUT2D eigenvalue weighted by Gasteiger charge is -2.17. The Bertz CT molecular complexity index is 488. The number of carboxylic acid groups (broad SMARTS) is 1. The third kappa shape index (κ3) is 3.37. The van der Waals surface area contributed by atoms with Crippen LogP contribution in [0.4, 0.5) is 22.0 Å². The largest absolute Gasteiger partial charge is 0.481 e. The van der Waals surface area contributed by atoms with Crippen molar-refractivity contribution >= 4 is 5.97 Å². The van der Waals surface area contributed by atoms with Crippen molar-refractivity contribution in [3.8, 4) is 0 Å². The Labute approximate surface area is 104 Å². The third-order valence-electron chi connectivity index (χ3n) is 2.35. The second-order valence-corrected chi connectivity index (χ2v) is 3.60. The number of carbonyl (C=O) groups is 1. The normalized spacial score (nSPS) is 11.9. The molecule has 0 spiro atoms. The Morgan fingerprint density at radius 3 is 2.37 bits per heavy atom. The molecule has 1 aromatic rings. The van der Waals surface area contributed by atoms with Crippen LogP contribution >= 0.6 is 0 Å². The molecule has 0 bridgehead atoms. The Morgan fingerprint density at radius 1 is 1.42 bits per heavy atom. The molecule has 0 saturated carbocycles. The SMILES string of the molecule is NCc1c(CC(=O)O)cnc(C(F)(F)F)c1C(F)F. The molecular formula is C10H9F5N2O2. The molecule has 19 heavy (non-hydrogen) atoms. The molecular weight excluding hydrogens is 275 g/mol. The number of nitrogens with two attached hydrogens (primary N) is 1. The highest BCUT2D eigenvalue weighted by molar-refractivity contribution is 5.71. The third-order valence-corrected chi connectivity index (χ3v) is 2.35. The van der Waals surface area contributed by atoms with Crippen LogP contribution in [0.25, 0.3) is 0 Å². The molecule has 0 atom stereocenters. The van der Waals surface area contributed by atoms with E-state index in [4.69, 9.17) is 10.8 Å². The van der Waals surface area contributed by atoms with Gasteiger partial charge in [-0.3, -0.25) is 9.78 Å². The zero-order valence-electron chi connectivity index (χ0n) is 9.34. The summed E-state index contributed by atoms with van der Waals surface area (Å²) in [4.78, 5) is 13.4. The lowest BCUT2D eigenvalue weighted by Crippen LogP contribution is -2.19. The van der Waals surface area contributed by atoms with Crippen LogP contribution < -0.4 is 5.73 Å². The summed E-state index contributed by atoms with van der Waals surface area (Å²) in [5.74, 6) is -1.38. The highest BCUT2D eigenvalue weighted by atomic mass is 19.4. The Balaban J connectivity index is 3.52. The number of alkyl halides is 5. The van der Waals surface area contributed by atoms with Crippen molar-refractivity contribution in [3.63, 3.8) is 0 Å². The summed E-state index contributed by atoms with van der Waals surface area (Å²) in [7, 11) is 0. The van der Waals surface area contributed by atoms with Gasteiger partial charge in [-0.05, 0) is 11.1 Å². The maximum Gasteiger partial charge on any atom is 0.433 e. The van der Waals surface area contributed by atoms with Gasteiger partial charge in [-0.15, -0.1) is 0 Å². The van der Waals surface area contributed by atoms with E-state index in [2.05, 4.69) is 4.98 Å². The first-order valence-electron chi connectivity index (χ1n) is 4.96. The van der Waals surface area contributed by atoms with Crippen LogP contribution in [0.2, 0.25) is 0 Å². The van der Waals surface area contributed by atoms with Gasteiger partial charge in [-0.2, -0.15) is 13.2 Å². The highest BCUT2D eigenvalue weighted by Gasteiger charge is 2.39. The van der Waals surface area contributed by atoms with Crippen LogP contribution in [0.3, 0.4) is 0 Å². The molecule has 0 amide bonds. The van der Waals surface area contributed by atoms with E-state index >= 15 is 0 Å². The Morgan fingerprint density at radius 2 is 2.00 bits per heavy atom. The first-order chi connectivity index (χ1) is 8.68. The minimum atomic E-state index is -5.06. The van der Waals surface area contributed by atoms with Gasteiger partial charge in [0, 0.05) is 12.7 Å². The van der Waals surface area contributed by atoms with Crippen molar-refractivity contribution in [1.29, 1.82) is 0 Å². The minimum absolute atomic E-state index is 0.252. The molecule has 0 aliphatic heterocycles. The van der Waals surface area contributed by atoms with E-state index in [1.807, 2.05) is 0 Å². The van der Waals surface area contributed by atoms with E-state index < -0.39 is 48.4 Å². The smallest absolute Gasteiger partial charge is 0.433 e. The number of carboxylic acids is 1. The number of aliphatic carboxylic acids is 1. The van der Waals surface area contributed by atoms with Gasteiger partial charge >= 0.3 is 12.1 Å². The molecule has 1 heterocycles. The number of hydrogen-bond donors (Lipinski definition) is 2. The summed E-state index contributed by atoms with van der Waals surface area (Å²) in [5, 5.41) is 8.57. The van der Waals surface area contributed by atoms with Gasteiger partial charge in [-0.1, -0.05) is 0 Å².